The van der Waals surface area contributed by atoms with Crippen molar-refractivity contribution in [3.63, 3.8) is 0 Å². The second-order valence-corrected chi connectivity index (χ2v) is 6.88. The summed E-state index contributed by atoms with van der Waals surface area (Å²) in [5.41, 5.74) is 4.30. The summed E-state index contributed by atoms with van der Waals surface area (Å²) in [7, 11) is 1.29. The van der Waals surface area contributed by atoms with E-state index in [1.54, 1.807) is 0 Å². The van der Waals surface area contributed by atoms with Crippen LogP contribution in [0.2, 0.25) is 0 Å². The highest BCUT2D eigenvalue weighted by atomic mass is 19.4. The van der Waals surface area contributed by atoms with Gasteiger partial charge in [0, 0.05) is 24.8 Å². The number of methoxy groups -OCH3 is 1. The minimum Gasteiger partial charge on any atom is -0.480 e. The summed E-state index contributed by atoms with van der Waals surface area (Å²) in [6.45, 7) is 0.356. The van der Waals surface area contributed by atoms with Crippen LogP contribution in [0.1, 0.15) is 15.9 Å². The zero-order chi connectivity index (χ0) is 22.3. The Morgan fingerprint density at radius 1 is 1.32 bits per heavy atom. The fraction of sp³-hybridized carbons (Fsp3) is 0.333. The fourth-order valence-corrected chi connectivity index (χ4v) is 3.44. The molecule has 0 aromatic carbocycles. The van der Waals surface area contributed by atoms with E-state index in [-0.39, 0.29) is 41.6 Å². The summed E-state index contributed by atoms with van der Waals surface area (Å²) in [6, 6.07) is 1.40. The van der Waals surface area contributed by atoms with E-state index in [4.69, 9.17) is 10.5 Å². The van der Waals surface area contributed by atoms with Gasteiger partial charge < -0.3 is 21.1 Å². The number of hydrogen-bond donors (Lipinski definition) is 3. The third-order valence-electron chi connectivity index (χ3n) is 4.93. The van der Waals surface area contributed by atoms with Gasteiger partial charge in [-0.1, -0.05) is 0 Å². The van der Waals surface area contributed by atoms with Crippen molar-refractivity contribution in [3.05, 3.63) is 35.8 Å². The van der Waals surface area contributed by atoms with E-state index in [0.29, 0.717) is 0 Å². The lowest BCUT2D eigenvalue weighted by atomic mass is 10.1. The Morgan fingerprint density at radius 2 is 2.10 bits per heavy atom. The van der Waals surface area contributed by atoms with Gasteiger partial charge in [-0.2, -0.15) is 18.3 Å². The Balaban J connectivity index is 1.81. The Labute approximate surface area is 172 Å². The minimum absolute atomic E-state index is 0.00784. The molecule has 164 valence electrons. The third-order valence-corrected chi connectivity index (χ3v) is 4.93. The molecular formula is C18H17F4N7O2. The SMILES string of the molecule is COc1ncc(-c2cc(C(F)(F)F)c3c(N)ncnn23)cc1C(=O)NC1CNCC1F. The van der Waals surface area contributed by atoms with Crippen LogP contribution in [-0.4, -0.2) is 57.9 Å². The van der Waals surface area contributed by atoms with E-state index in [2.05, 4.69) is 25.7 Å². The van der Waals surface area contributed by atoms with Crippen LogP contribution < -0.4 is 21.1 Å². The third kappa shape index (κ3) is 3.71. The molecule has 0 radical (unpaired) electrons. The predicted molar refractivity (Wildman–Crippen MR) is 101 cm³/mol. The smallest absolute Gasteiger partial charge is 0.418 e. The van der Waals surface area contributed by atoms with E-state index in [9.17, 15) is 22.4 Å². The van der Waals surface area contributed by atoms with Crippen molar-refractivity contribution in [1.82, 2.24) is 30.2 Å². The lowest BCUT2D eigenvalue weighted by Crippen LogP contribution is -2.41. The molecule has 1 amide bonds. The van der Waals surface area contributed by atoms with Crippen LogP contribution in [0.25, 0.3) is 16.8 Å². The van der Waals surface area contributed by atoms with Crippen molar-refractivity contribution in [1.29, 1.82) is 0 Å². The molecule has 3 aromatic rings. The summed E-state index contributed by atoms with van der Waals surface area (Å²) < 4.78 is 60.6. The number of ether oxygens (including phenoxy) is 1. The molecule has 0 aliphatic carbocycles. The lowest BCUT2D eigenvalue weighted by Gasteiger charge is -2.15. The molecule has 0 spiro atoms. The maximum atomic E-state index is 13.9. The topological polar surface area (TPSA) is 119 Å². The molecule has 0 saturated carbocycles. The molecule has 2 atom stereocenters. The summed E-state index contributed by atoms with van der Waals surface area (Å²) in [6.07, 6.45) is -3.72. The highest BCUT2D eigenvalue weighted by Gasteiger charge is 2.37. The van der Waals surface area contributed by atoms with E-state index in [0.717, 1.165) is 16.9 Å². The van der Waals surface area contributed by atoms with E-state index >= 15 is 0 Å². The zero-order valence-electron chi connectivity index (χ0n) is 16.1. The number of amides is 1. The first-order chi connectivity index (χ1) is 14.7. The fourth-order valence-electron chi connectivity index (χ4n) is 3.44. The molecule has 1 aliphatic rings. The number of pyridine rings is 1. The second kappa shape index (κ2) is 7.65. The van der Waals surface area contributed by atoms with Gasteiger partial charge in [0.15, 0.2) is 5.82 Å². The van der Waals surface area contributed by atoms with Crippen molar-refractivity contribution >= 4 is 17.2 Å². The summed E-state index contributed by atoms with van der Waals surface area (Å²) >= 11 is 0. The molecule has 9 nitrogen and oxygen atoms in total. The monoisotopic (exact) mass is 439 g/mol. The van der Waals surface area contributed by atoms with Gasteiger partial charge in [0.05, 0.1) is 24.4 Å². The normalized spacial score (nSPS) is 19.0. The number of carbonyl (C=O) groups is 1. The first kappa shape index (κ1) is 20.8. The van der Waals surface area contributed by atoms with E-state index < -0.39 is 35.4 Å². The van der Waals surface area contributed by atoms with Crippen LogP contribution in [0.4, 0.5) is 23.4 Å². The molecule has 4 N–H and O–H groups in total. The molecule has 0 bridgehead atoms. The molecule has 1 aliphatic heterocycles. The van der Waals surface area contributed by atoms with Crippen LogP contribution in [0.3, 0.4) is 0 Å². The standard InChI is InChI=1S/C18H17F4N7O2/c1-31-17-9(16(30)28-12-6-24-5-11(12)19)2-8(4-25-17)13-3-10(18(20,21)22)14-15(23)26-7-27-29(13)14/h2-4,7,11-12,24H,5-6H2,1H3,(H,28,30)(H2,23,26,27). The maximum Gasteiger partial charge on any atom is 0.418 e. The number of alkyl halides is 4. The molecule has 4 heterocycles. The van der Waals surface area contributed by atoms with E-state index in [1.165, 1.54) is 19.4 Å². The zero-order valence-corrected chi connectivity index (χ0v) is 16.1. The molecule has 1 saturated heterocycles. The van der Waals surface area contributed by atoms with Crippen molar-refractivity contribution in [2.75, 3.05) is 25.9 Å². The number of aromatic nitrogens is 4. The molecule has 31 heavy (non-hydrogen) atoms. The summed E-state index contributed by atoms with van der Waals surface area (Å²) in [5.74, 6) is -1.09. The van der Waals surface area contributed by atoms with Crippen molar-refractivity contribution in [2.45, 2.75) is 18.4 Å². The predicted octanol–water partition coefficient (Wildman–Crippen LogP) is 1.44. The first-order valence-corrected chi connectivity index (χ1v) is 9.10. The molecule has 3 aromatic heterocycles. The highest BCUT2D eigenvalue weighted by molar-refractivity contribution is 5.98. The Bertz CT molecular complexity index is 1150. The number of carbonyl (C=O) groups excluding carboxylic acids is 1. The van der Waals surface area contributed by atoms with Crippen LogP contribution in [0.5, 0.6) is 5.88 Å². The number of nitrogen functional groups attached to an aromatic ring is 1. The molecular weight excluding hydrogens is 422 g/mol. The Morgan fingerprint density at radius 3 is 2.74 bits per heavy atom. The van der Waals surface area contributed by atoms with Crippen molar-refractivity contribution in [2.24, 2.45) is 0 Å². The number of halogens is 4. The average molecular weight is 439 g/mol. The first-order valence-electron chi connectivity index (χ1n) is 9.10. The van der Waals surface area contributed by atoms with Gasteiger partial charge in [0.25, 0.3) is 5.91 Å². The molecule has 13 heteroatoms. The number of anilines is 1. The molecule has 4 rings (SSSR count). The number of fused-ring (bicyclic) bond motifs is 1. The summed E-state index contributed by atoms with van der Waals surface area (Å²) in [4.78, 5) is 20.4. The highest BCUT2D eigenvalue weighted by Crippen LogP contribution is 2.38. The van der Waals surface area contributed by atoms with Gasteiger partial charge in [0.1, 0.15) is 23.6 Å². The van der Waals surface area contributed by atoms with E-state index in [1.807, 2.05) is 0 Å². The van der Waals surface area contributed by atoms with Crippen LogP contribution in [-0.2, 0) is 6.18 Å². The van der Waals surface area contributed by atoms with Crippen LogP contribution >= 0.6 is 0 Å². The van der Waals surface area contributed by atoms with Gasteiger partial charge >= 0.3 is 6.18 Å². The summed E-state index contributed by atoms with van der Waals surface area (Å²) in [5, 5.41) is 9.23. The largest absolute Gasteiger partial charge is 0.480 e. The lowest BCUT2D eigenvalue weighted by molar-refractivity contribution is -0.136. The van der Waals surface area contributed by atoms with Crippen LogP contribution in [0.15, 0.2) is 24.7 Å². The Kier molecular flexibility index (Phi) is 5.13. The van der Waals surface area contributed by atoms with Gasteiger partial charge in [-0.25, -0.2) is 18.9 Å². The van der Waals surface area contributed by atoms with Gasteiger partial charge in [0.2, 0.25) is 5.88 Å². The number of nitrogens with one attached hydrogen (secondary N) is 2. The van der Waals surface area contributed by atoms with Crippen molar-refractivity contribution < 1.29 is 27.1 Å². The minimum atomic E-state index is -4.71. The molecule has 1 fully saturated rings. The van der Waals surface area contributed by atoms with Crippen LogP contribution in [0, 0.1) is 0 Å². The number of rotatable bonds is 4. The molecule has 2 unspecified atom stereocenters. The quantitative estimate of drug-likeness (QED) is 0.527. The van der Waals surface area contributed by atoms with Gasteiger partial charge in [-0.15, -0.1) is 0 Å². The second-order valence-electron chi connectivity index (χ2n) is 6.88. The Hall–Kier alpha value is -3.48. The van der Waals surface area contributed by atoms with Gasteiger partial charge in [-0.3, -0.25) is 4.79 Å². The van der Waals surface area contributed by atoms with Crippen molar-refractivity contribution in [3.8, 4) is 17.1 Å². The number of nitrogens with two attached hydrogens (primary N) is 1. The maximum absolute atomic E-state index is 13.9. The number of nitrogens with zero attached hydrogens (tertiary/aromatic N) is 4. The number of hydrogen-bond acceptors (Lipinski definition) is 7. The van der Waals surface area contributed by atoms with Gasteiger partial charge in [-0.05, 0) is 12.1 Å². The average Bonchev–Trinajstić information content (AvgIpc) is 3.32.